The first-order valence-corrected chi connectivity index (χ1v) is 6.77. The highest BCUT2D eigenvalue weighted by atomic mass is 19.4. The van der Waals surface area contributed by atoms with Gasteiger partial charge in [0.15, 0.2) is 0 Å². The van der Waals surface area contributed by atoms with Gasteiger partial charge in [-0.3, -0.25) is 14.6 Å². The van der Waals surface area contributed by atoms with Gasteiger partial charge in [-0.1, -0.05) is 0 Å². The van der Waals surface area contributed by atoms with E-state index in [9.17, 15) is 22.8 Å². The van der Waals surface area contributed by atoms with Crippen molar-refractivity contribution in [2.75, 3.05) is 6.54 Å². The molecule has 0 atom stereocenters. The Bertz CT molecular complexity index is 752. The zero-order valence-corrected chi connectivity index (χ0v) is 12.2. The topological polar surface area (TPSA) is 74.8 Å². The van der Waals surface area contributed by atoms with Crippen molar-refractivity contribution >= 4 is 5.91 Å². The van der Waals surface area contributed by atoms with Crippen molar-refractivity contribution < 1.29 is 18.0 Å². The predicted molar refractivity (Wildman–Crippen MR) is 77.1 cm³/mol. The third kappa shape index (κ3) is 4.41. The molecule has 0 aliphatic carbocycles. The molecule has 0 bridgehead atoms. The number of aromatic nitrogens is 2. The Morgan fingerprint density at radius 3 is 2.57 bits per heavy atom. The van der Waals surface area contributed by atoms with Crippen molar-refractivity contribution in [2.24, 2.45) is 0 Å². The van der Waals surface area contributed by atoms with Crippen molar-refractivity contribution in [3.8, 4) is 0 Å². The molecule has 0 spiro atoms. The number of halogens is 3. The first-order valence-electron chi connectivity index (χ1n) is 6.77. The van der Waals surface area contributed by atoms with Crippen LogP contribution in [0.2, 0.25) is 0 Å². The van der Waals surface area contributed by atoms with Gasteiger partial charge in [0.05, 0.1) is 5.56 Å². The van der Waals surface area contributed by atoms with Crippen LogP contribution < -0.4 is 10.9 Å². The third-order valence-corrected chi connectivity index (χ3v) is 3.12. The molecule has 0 saturated heterocycles. The second-order valence-electron chi connectivity index (χ2n) is 4.93. The standard InChI is InChI=1S/C15H14F3N3O2/c1-9-2-5-12(14(23)21-9)13(22)19-7-6-11-4-3-10(8-20-11)15(16,17)18/h2-5,8H,6-7H2,1H3,(H,19,22)(H,21,23). The average molecular weight is 325 g/mol. The number of aromatic amines is 1. The van der Waals surface area contributed by atoms with Crippen molar-refractivity contribution in [3.05, 3.63) is 63.3 Å². The van der Waals surface area contributed by atoms with E-state index in [0.29, 0.717) is 11.4 Å². The van der Waals surface area contributed by atoms with Crippen LogP contribution in [-0.2, 0) is 12.6 Å². The molecule has 2 N–H and O–H groups in total. The van der Waals surface area contributed by atoms with E-state index in [2.05, 4.69) is 15.3 Å². The molecule has 23 heavy (non-hydrogen) atoms. The molecule has 0 fully saturated rings. The lowest BCUT2D eigenvalue weighted by Crippen LogP contribution is -2.31. The maximum Gasteiger partial charge on any atom is 0.417 e. The van der Waals surface area contributed by atoms with Crippen LogP contribution in [0.15, 0.2) is 35.3 Å². The number of H-pyrrole nitrogens is 1. The summed E-state index contributed by atoms with van der Waals surface area (Å²) >= 11 is 0. The number of rotatable bonds is 4. The fourth-order valence-corrected chi connectivity index (χ4v) is 1.89. The molecule has 1 amide bonds. The monoisotopic (exact) mass is 325 g/mol. The number of carbonyl (C=O) groups excluding carboxylic acids is 1. The zero-order chi connectivity index (χ0) is 17.0. The number of aryl methyl sites for hydroxylation is 1. The first-order chi connectivity index (χ1) is 10.8. The molecule has 2 rings (SSSR count). The maximum absolute atomic E-state index is 12.4. The smallest absolute Gasteiger partial charge is 0.351 e. The third-order valence-electron chi connectivity index (χ3n) is 3.12. The van der Waals surface area contributed by atoms with Gasteiger partial charge >= 0.3 is 6.18 Å². The summed E-state index contributed by atoms with van der Waals surface area (Å²) in [5.41, 5.74) is -0.278. The van der Waals surface area contributed by atoms with Crippen LogP contribution in [0.4, 0.5) is 13.2 Å². The van der Waals surface area contributed by atoms with Crippen molar-refractivity contribution in [1.29, 1.82) is 0 Å². The minimum atomic E-state index is -4.42. The number of amides is 1. The summed E-state index contributed by atoms with van der Waals surface area (Å²) in [7, 11) is 0. The molecular weight excluding hydrogens is 311 g/mol. The number of hydrogen-bond donors (Lipinski definition) is 2. The summed E-state index contributed by atoms with van der Waals surface area (Å²) in [5.74, 6) is -0.543. The van der Waals surface area contributed by atoms with E-state index >= 15 is 0 Å². The number of nitrogens with zero attached hydrogens (tertiary/aromatic N) is 1. The Hall–Kier alpha value is -2.64. The second-order valence-corrected chi connectivity index (χ2v) is 4.93. The van der Waals surface area contributed by atoms with Crippen LogP contribution in [-0.4, -0.2) is 22.4 Å². The lowest BCUT2D eigenvalue weighted by Gasteiger charge is -2.07. The number of carbonyl (C=O) groups is 1. The van der Waals surface area contributed by atoms with E-state index in [-0.39, 0.29) is 18.5 Å². The quantitative estimate of drug-likeness (QED) is 0.904. The SMILES string of the molecule is Cc1ccc(C(=O)NCCc2ccc(C(F)(F)F)cn2)c(=O)[nH]1. The number of nitrogens with one attached hydrogen (secondary N) is 2. The Balaban J connectivity index is 1.92. The summed E-state index contributed by atoms with van der Waals surface area (Å²) in [5, 5.41) is 2.53. The van der Waals surface area contributed by atoms with Gasteiger partial charge in [0.1, 0.15) is 5.56 Å². The van der Waals surface area contributed by atoms with Crippen LogP contribution >= 0.6 is 0 Å². The molecule has 2 aromatic heterocycles. The minimum absolute atomic E-state index is 0.0176. The van der Waals surface area contributed by atoms with Crippen LogP contribution in [0.1, 0.15) is 27.3 Å². The van der Waals surface area contributed by atoms with Crippen LogP contribution in [0.5, 0.6) is 0 Å². The summed E-state index contributed by atoms with van der Waals surface area (Å²) in [6.45, 7) is 1.85. The van der Waals surface area contributed by atoms with Gasteiger partial charge in [0.25, 0.3) is 11.5 Å². The van der Waals surface area contributed by atoms with Crippen LogP contribution in [0, 0.1) is 6.92 Å². The van der Waals surface area contributed by atoms with Crippen molar-refractivity contribution in [3.63, 3.8) is 0 Å². The molecule has 5 nitrogen and oxygen atoms in total. The van der Waals surface area contributed by atoms with Gasteiger partial charge in [-0.15, -0.1) is 0 Å². The van der Waals surface area contributed by atoms with Crippen LogP contribution in [0.3, 0.4) is 0 Å². The highest BCUT2D eigenvalue weighted by molar-refractivity contribution is 5.93. The van der Waals surface area contributed by atoms with E-state index in [4.69, 9.17) is 0 Å². The molecule has 2 heterocycles. The Morgan fingerprint density at radius 2 is 2.00 bits per heavy atom. The minimum Gasteiger partial charge on any atom is -0.351 e. The fraction of sp³-hybridized carbons (Fsp3) is 0.267. The highest BCUT2D eigenvalue weighted by Gasteiger charge is 2.30. The van der Waals surface area contributed by atoms with Gasteiger partial charge in [-0.2, -0.15) is 13.2 Å². The fourth-order valence-electron chi connectivity index (χ4n) is 1.89. The number of alkyl halides is 3. The molecule has 0 radical (unpaired) electrons. The largest absolute Gasteiger partial charge is 0.417 e. The van der Waals surface area contributed by atoms with Crippen molar-refractivity contribution in [2.45, 2.75) is 19.5 Å². The Labute approximate surface area is 129 Å². The van der Waals surface area contributed by atoms with E-state index in [1.165, 1.54) is 12.1 Å². The molecule has 0 saturated carbocycles. The Kier molecular flexibility index (Phi) is 4.83. The van der Waals surface area contributed by atoms with Gasteiger partial charge in [0.2, 0.25) is 0 Å². The van der Waals surface area contributed by atoms with Gasteiger partial charge < -0.3 is 10.3 Å². The second kappa shape index (κ2) is 6.64. The first kappa shape index (κ1) is 16.7. The van der Waals surface area contributed by atoms with E-state index in [1.54, 1.807) is 13.0 Å². The highest BCUT2D eigenvalue weighted by Crippen LogP contribution is 2.28. The predicted octanol–water partition coefficient (Wildman–Crippen LogP) is 2.07. The summed E-state index contributed by atoms with van der Waals surface area (Å²) in [4.78, 5) is 29.7. The van der Waals surface area contributed by atoms with E-state index in [1.807, 2.05) is 0 Å². The van der Waals surface area contributed by atoms with Gasteiger partial charge in [-0.25, -0.2) is 0 Å². The van der Waals surface area contributed by atoms with Gasteiger partial charge in [0, 0.05) is 30.6 Å². The molecule has 2 aromatic rings. The van der Waals surface area contributed by atoms with Gasteiger partial charge in [-0.05, 0) is 31.2 Å². The van der Waals surface area contributed by atoms with E-state index in [0.717, 1.165) is 12.3 Å². The molecule has 0 aliphatic rings. The molecule has 0 unspecified atom stereocenters. The summed E-state index contributed by atoms with van der Waals surface area (Å²) in [6, 6.07) is 5.22. The van der Waals surface area contributed by atoms with Crippen LogP contribution in [0.25, 0.3) is 0 Å². The molecule has 122 valence electrons. The molecule has 8 heteroatoms. The zero-order valence-electron chi connectivity index (χ0n) is 12.2. The summed E-state index contributed by atoms with van der Waals surface area (Å²) < 4.78 is 37.2. The molecular formula is C15H14F3N3O2. The Morgan fingerprint density at radius 1 is 1.26 bits per heavy atom. The normalized spacial score (nSPS) is 11.3. The average Bonchev–Trinajstić information content (AvgIpc) is 2.46. The lowest BCUT2D eigenvalue weighted by atomic mass is 10.2. The summed E-state index contributed by atoms with van der Waals surface area (Å²) in [6.07, 6.45) is -3.41. The lowest BCUT2D eigenvalue weighted by molar-refractivity contribution is -0.137. The maximum atomic E-state index is 12.4. The number of pyridine rings is 2. The molecule has 0 aliphatic heterocycles. The molecule has 0 aromatic carbocycles. The van der Waals surface area contributed by atoms with Crippen molar-refractivity contribution in [1.82, 2.24) is 15.3 Å². The number of hydrogen-bond acceptors (Lipinski definition) is 3. The van der Waals surface area contributed by atoms with E-state index < -0.39 is 23.2 Å².